The standard InChI is InChI=1S/C18H20N4/c1-14-8-15(10-19-9-14)12-21-7-6-17(13-21)22-18-5-3-2-4-16(18)11-20-22/h2-5,8-11,17H,6-7,12-13H2,1H3. The number of aryl methyl sites for hydroxylation is 1. The zero-order valence-corrected chi connectivity index (χ0v) is 12.8. The molecule has 4 nitrogen and oxygen atoms in total. The minimum absolute atomic E-state index is 0.470. The van der Waals surface area contributed by atoms with Crippen LogP contribution in [0.5, 0.6) is 0 Å². The van der Waals surface area contributed by atoms with Crippen molar-refractivity contribution in [2.45, 2.75) is 25.9 Å². The minimum atomic E-state index is 0.470. The molecule has 0 N–H and O–H groups in total. The highest BCUT2D eigenvalue weighted by molar-refractivity contribution is 5.78. The maximum absolute atomic E-state index is 4.61. The van der Waals surface area contributed by atoms with Crippen LogP contribution in [0.15, 0.2) is 48.9 Å². The molecule has 4 heteroatoms. The second kappa shape index (κ2) is 5.54. The van der Waals surface area contributed by atoms with Crippen LogP contribution in [0.2, 0.25) is 0 Å². The molecule has 1 aliphatic heterocycles. The van der Waals surface area contributed by atoms with Crippen LogP contribution >= 0.6 is 0 Å². The minimum Gasteiger partial charge on any atom is -0.297 e. The number of hydrogen-bond donors (Lipinski definition) is 0. The maximum Gasteiger partial charge on any atom is 0.0686 e. The number of likely N-dealkylation sites (tertiary alicyclic amines) is 1. The van der Waals surface area contributed by atoms with Gasteiger partial charge in [-0.3, -0.25) is 14.6 Å². The smallest absolute Gasteiger partial charge is 0.0686 e. The van der Waals surface area contributed by atoms with Crippen molar-refractivity contribution < 1.29 is 0 Å². The lowest BCUT2D eigenvalue weighted by Gasteiger charge is -2.16. The van der Waals surface area contributed by atoms with Gasteiger partial charge in [0.25, 0.3) is 0 Å². The Bertz CT molecular complexity index is 792. The van der Waals surface area contributed by atoms with Gasteiger partial charge >= 0.3 is 0 Å². The van der Waals surface area contributed by atoms with E-state index in [4.69, 9.17) is 0 Å². The Morgan fingerprint density at radius 1 is 1.18 bits per heavy atom. The third-order valence-corrected chi connectivity index (χ3v) is 4.44. The number of pyridine rings is 1. The lowest BCUT2D eigenvalue weighted by Crippen LogP contribution is -2.21. The van der Waals surface area contributed by atoms with Crippen molar-refractivity contribution in [1.82, 2.24) is 19.7 Å². The van der Waals surface area contributed by atoms with E-state index in [0.29, 0.717) is 6.04 Å². The molecule has 112 valence electrons. The third-order valence-electron chi connectivity index (χ3n) is 4.44. The Kier molecular flexibility index (Phi) is 3.39. The Labute approximate surface area is 130 Å². The van der Waals surface area contributed by atoms with Gasteiger partial charge in [0.05, 0.1) is 17.8 Å². The van der Waals surface area contributed by atoms with Crippen LogP contribution in [0.25, 0.3) is 10.9 Å². The zero-order chi connectivity index (χ0) is 14.9. The molecule has 1 saturated heterocycles. The fraction of sp³-hybridized carbons (Fsp3) is 0.333. The molecule has 0 bridgehead atoms. The first-order valence-corrected chi connectivity index (χ1v) is 7.85. The first-order valence-electron chi connectivity index (χ1n) is 7.85. The lowest BCUT2D eigenvalue weighted by atomic mass is 10.2. The molecular weight excluding hydrogens is 272 g/mol. The van der Waals surface area contributed by atoms with E-state index in [1.807, 2.05) is 18.6 Å². The van der Waals surface area contributed by atoms with Gasteiger partial charge in [0.1, 0.15) is 0 Å². The second-order valence-corrected chi connectivity index (χ2v) is 6.20. The summed E-state index contributed by atoms with van der Waals surface area (Å²) in [5.41, 5.74) is 3.77. The summed E-state index contributed by atoms with van der Waals surface area (Å²) in [7, 11) is 0. The van der Waals surface area contributed by atoms with Gasteiger partial charge in [-0.2, -0.15) is 5.10 Å². The van der Waals surface area contributed by atoms with Crippen LogP contribution < -0.4 is 0 Å². The van der Waals surface area contributed by atoms with E-state index in [0.717, 1.165) is 26.1 Å². The summed E-state index contributed by atoms with van der Waals surface area (Å²) >= 11 is 0. The predicted octanol–water partition coefficient (Wildman–Crippen LogP) is 3.19. The van der Waals surface area contributed by atoms with E-state index in [9.17, 15) is 0 Å². The molecule has 4 rings (SSSR count). The molecule has 1 aliphatic rings. The number of para-hydroxylation sites is 1. The van der Waals surface area contributed by atoms with Crippen LogP contribution in [0.4, 0.5) is 0 Å². The fourth-order valence-electron chi connectivity index (χ4n) is 3.40. The van der Waals surface area contributed by atoms with Crippen molar-refractivity contribution in [2.75, 3.05) is 13.1 Å². The monoisotopic (exact) mass is 292 g/mol. The number of aromatic nitrogens is 3. The van der Waals surface area contributed by atoms with Crippen LogP contribution in [0.3, 0.4) is 0 Å². The Balaban J connectivity index is 1.50. The first-order chi connectivity index (χ1) is 10.8. The molecule has 22 heavy (non-hydrogen) atoms. The second-order valence-electron chi connectivity index (χ2n) is 6.20. The summed E-state index contributed by atoms with van der Waals surface area (Å²) < 4.78 is 2.20. The molecule has 2 aromatic heterocycles. The van der Waals surface area contributed by atoms with E-state index in [1.54, 1.807) is 0 Å². The van der Waals surface area contributed by atoms with E-state index in [1.165, 1.54) is 22.0 Å². The average Bonchev–Trinajstić information content (AvgIpc) is 3.13. The molecule has 0 spiro atoms. The van der Waals surface area contributed by atoms with Gasteiger partial charge in [-0.25, -0.2) is 0 Å². The Morgan fingerprint density at radius 2 is 2.09 bits per heavy atom. The summed E-state index contributed by atoms with van der Waals surface area (Å²) in [5.74, 6) is 0. The molecule has 0 radical (unpaired) electrons. The number of nitrogens with zero attached hydrogens (tertiary/aromatic N) is 4. The summed E-state index contributed by atoms with van der Waals surface area (Å²) in [4.78, 5) is 6.79. The molecule has 0 aliphatic carbocycles. The van der Waals surface area contributed by atoms with E-state index in [-0.39, 0.29) is 0 Å². The van der Waals surface area contributed by atoms with Gasteiger partial charge in [-0.15, -0.1) is 0 Å². The summed E-state index contributed by atoms with van der Waals surface area (Å²) in [5, 5.41) is 5.84. The third kappa shape index (κ3) is 2.50. The highest BCUT2D eigenvalue weighted by Crippen LogP contribution is 2.26. The van der Waals surface area contributed by atoms with Crippen molar-refractivity contribution in [3.05, 3.63) is 60.0 Å². The van der Waals surface area contributed by atoms with E-state index in [2.05, 4.69) is 56.9 Å². The topological polar surface area (TPSA) is 34.0 Å². The van der Waals surface area contributed by atoms with Crippen molar-refractivity contribution in [3.8, 4) is 0 Å². The van der Waals surface area contributed by atoms with Crippen molar-refractivity contribution in [2.24, 2.45) is 0 Å². The largest absolute Gasteiger partial charge is 0.297 e. The molecule has 1 fully saturated rings. The molecule has 0 saturated carbocycles. The first kappa shape index (κ1) is 13.5. The predicted molar refractivity (Wildman–Crippen MR) is 87.6 cm³/mol. The van der Waals surface area contributed by atoms with Crippen molar-refractivity contribution >= 4 is 10.9 Å². The highest BCUT2D eigenvalue weighted by Gasteiger charge is 2.25. The summed E-state index contributed by atoms with van der Waals surface area (Å²) in [6.07, 6.45) is 7.02. The molecule has 0 amide bonds. The lowest BCUT2D eigenvalue weighted by molar-refractivity contribution is 0.313. The van der Waals surface area contributed by atoms with Crippen LogP contribution in [-0.4, -0.2) is 32.8 Å². The quantitative estimate of drug-likeness (QED) is 0.743. The van der Waals surface area contributed by atoms with Gasteiger partial charge in [0.2, 0.25) is 0 Å². The molecule has 1 aromatic carbocycles. The van der Waals surface area contributed by atoms with Crippen LogP contribution in [0.1, 0.15) is 23.6 Å². The number of fused-ring (bicyclic) bond motifs is 1. The molecule has 3 aromatic rings. The zero-order valence-electron chi connectivity index (χ0n) is 12.8. The van der Waals surface area contributed by atoms with Gasteiger partial charge in [0, 0.05) is 37.4 Å². The SMILES string of the molecule is Cc1cncc(CN2CCC(n3ncc4ccccc43)C2)c1. The fourth-order valence-corrected chi connectivity index (χ4v) is 3.40. The van der Waals surface area contributed by atoms with Crippen LogP contribution in [0, 0.1) is 6.92 Å². The van der Waals surface area contributed by atoms with E-state index >= 15 is 0 Å². The number of hydrogen-bond acceptors (Lipinski definition) is 3. The number of benzene rings is 1. The normalized spacial score (nSPS) is 19.0. The van der Waals surface area contributed by atoms with Gasteiger partial charge < -0.3 is 0 Å². The molecular formula is C18H20N4. The Morgan fingerprint density at radius 3 is 3.00 bits per heavy atom. The van der Waals surface area contributed by atoms with Crippen molar-refractivity contribution in [3.63, 3.8) is 0 Å². The van der Waals surface area contributed by atoms with Crippen molar-refractivity contribution in [1.29, 1.82) is 0 Å². The maximum atomic E-state index is 4.61. The molecule has 1 unspecified atom stereocenters. The van der Waals surface area contributed by atoms with Gasteiger partial charge in [-0.1, -0.05) is 24.3 Å². The van der Waals surface area contributed by atoms with E-state index < -0.39 is 0 Å². The van der Waals surface area contributed by atoms with Gasteiger partial charge in [-0.05, 0) is 30.5 Å². The molecule has 1 atom stereocenters. The highest BCUT2D eigenvalue weighted by atomic mass is 15.3. The summed E-state index contributed by atoms with van der Waals surface area (Å²) in [6, 6.07) is 11.1. The van der Waals surface area contributed by atoms with Gasteiger partial charge in [0.15, 0.2) is 0 Å². The Hall–Kier alpha value is -2.20. The molecule has 3 heterocycles. The average molecular weight is 292 g/mol. The summed E-state index contributed by atoms with van der Waals surface area (Å²) in [6.45, 7) is 5.25. The number of rotatable bonds is 3. The van der Waals surface area contributed by atoms with Crippen LogP contribution in [-0.2, 0) is 6.54 Å².